The number of urea groups is 1. The predicted molar refractivity (Wildman–Crippen MR) is 107 cm³/mol. The number of anilines is 1. The fourth-order valence-corrected chi connectivity index (χ4v) is 3.39. The number of nitrogens with one attached hydrogen (secondary N) is 2. The third kappa shape index (κ3) is 5.20. The van der Waals surface area contributed by atoms with E-state index in [2.05, 4.69) is 10.6 Å². The molecule has 1 saturated carbocycles. The van der Waals surface area contributed by atoms with Crippen LogP contribution in [0, 0.1) is 5.92 Å². The number of carbonyl (C=O) groups is 2. The normalized spacial score (nSPS) is 17.1. The van der Waals surface area contributed by atoms with Gasteiger partial charge in [0.25, 0.3) is 5.91 Å². The molecular weight excluding hydrogens is 434 g/mol. The fraction of sp³-hybridized carbons (Fsp3) is 0.222. The standard InChI is InChI=1S/C18H14Cl4N2O3/c19-13-2-1-3-14(20)15(13)16(25)24-17(26)23-11-4-6-12(7-5-11)27-9-10-8-18(10,21)22/h1-7,10H,8-9H2,(H2,23,24,25,26). The summed E-state index contributed by atoms with van der Waals surface area (Å²) in [4.78, 5) is 24.2. The van der Waals surface area contributed by atoms with E-state index in [0.717, 1.165) is 0 Å². The van der Waals surface area contributed by atoms with Gasteiger partial charge in [0.05, 0.1) is 22.2 Å². The first-order valence-electron chi connectivity index (χ1n) is 7.93. The third-order valence-corrected chi connectivity index (χ3v) is 5.49. The van der Waals surface area contributed by atoms with E-state index in [-0.39, 0.29) is 21.5 Å². The minimum atomic E-state index is -0.711. The molecule has 0 heterocycles. The summed E-state index contributed by atoms with van der Waals surface area (Å²) in [5.41, 5.74) is 0.517. The Morgan fingerprint density at radius 1 is 1.07 bits per heavy atom. The highest BCUT2D eigenvalue weighted by Crippen LogP contribution is 2.53. The van der Waals surface area contributed by atoms with Gasteiger partial charge in [0, 0.05) is 11.6 Å². The van der Waals surface area contributed by atoms with Crippen LogP contribution in [0.5, 0.6) is 5.75 Å². The first kappa shape index (κ1) is 20.1. The second-order valence-electron chi connectivity index (χ2n) is 6.00. The number of imide groups is 1. The molecule has 2 N–H and O–H groups in total. The highest BCUT2D eigenvalue weighted by Gasteiger charge is 2.52. The quantitative estimate of drug-likeness (QED) is 0.592. The summed E-state index contributed by atoms with van der Waals surface area (Å²) in [6.07, 6.45) is 0.708. The molecule has 1 unspecified atom stereocenters. The van der Waals surface area contributed by atoms with Crippen LogP contribution in [0.2, 0.25) is 10.0 Å². The van der Waals surface area contributed by atoms with Gasteiger partial charge in [-0.2, -0.15) is 0 Å². The molecule has 142 valence electrons. The van der Waals surface area contributed by atoms with E-state index in [1.54, 1.807) is 30.3 Å². The fourth-order valence-electron chi connectivity index (χ4n) is 2.32. The van der Waals surface area contributed by atoms with Crippen molar-refractivity contribution in [3.8, 4) is 5.75 Å². The number of amides is 3. The van der Waals surface area contributed by atoms with Crippen LogP contribution in [0.3, 0.4) is 0 Å². The predicted octanol–water partition coefficient (Wildman–Crippen LogP) is 5.53. The Hall–Kier alpha value is -1.66. The summed E-state index contributed by atoms with van der Waals surface area (Å²) in [7, 11) is 0. The van der Waals surface area contributed by atoms with Gasteiger partial charge in [0.1, 0.15) is 10.1 Å². The molecule has 0 bridgehead atoms. The van der Waals surface area contributed by atoms with E-state index in [1.807, 2.05) is 0 Å². The van der Waals surface area contributed by atoms with E-state index in [9.17, 15) is 9.59 Å². The Labute approximate surface area is 175 Å². The summed E-state index contributed by atoms with van der Waals surface area (Å²) >= 11 is 23.8. The molecule has 3 amide bonds. The third-order valence-electron chi connectivity index (χ3n) is 3.94. The van der Waals surface area contributed by atoms with Crippen molar-refractivity contribution in [1.82, 2.24) is 5.32 Å². The number of alkyl halides is 2. The van der Waals surface area contributed by atoms with Crippen molar-refractivity contribution in [3.05, 3.63) is 58.1 Å². The molecule has 2 aromatic rings. The molecule has 5 nitrogen and oxygen atoms in total. The molecule has 1 aliphatic carbocycles. The van der Waals surface area contributed by atoms with Gasteiger partial charge in [-0.25, -0.2) is 4.79 Å². The minimum absolute atomic E-state index is 0.0365. The zero-order valence-electron chi connectivity index (χ0n) is 13.8. The maximum absolute atomic E-state index is 12.2. The number of carbonyl (C=O) groups excluding carboxylic acids is 2. The molecule has 0 aromatic heterocycles. The Bertz CT molecular complexity index is 851. The Balaban J connectivity index is 1.52. The zero-order valence-corrected chi connectivity index (χ0v) is 16.8. The van der Waals surface area contributed by atoms with Crippen LogP contribution in [0.1, 0.15) is 16.8 Å². The van der Waals surface area contributed by atoms with Gasteiger partial charge in [-0.15, -0.1) is 23.2 Å². The Kier molecular flexibility index (Phi) is 6.06. The molecule has 2 aromatic carbocycles. The largest absolute Gasteiger partial charge is 0.493 e. The number of hydrogen-bond acceptors (Lipinski definition) is 3. The van der Waals surface area contributed by atoms with E-state index < -0.39 is 16.3 Å². The van der Waals surface area contributed by atoms with Gasteiger partial charge in [0.2, 0.25) is 0 Å². The zero-order chi connectivity index (χ0) is 19.6. The van der Waals surface area contributed by atoms with Crippen LogP contribution in [-0.4, -0.2) is 22.9 Å². The number of benzene rings is 2. The molecule has 27 heavy (non-hydrogen) atoms. The lowest BCUT2D eigenvalue weighted by atomic mass is 10.2. The van der Waals surface area contributed by atoms with Crippen LogP contribution in [-0.2, 0) is 0 Å². The lowest BCUT2D eigenvalue weighted by Crippen LogP contribution is -2.34. The van der Waals surface area contributed by atoms with E-state index >= 15 is 0 Å². The summed E-state index contributed by atoms with van der Waals surface area (Å²) < 4.78 is 4.91. The monoisotopic (exact) mass is 446 g/mol. The van der Waals surface area contributed by atoms with Crippen molar-refractivity contribution in [1.29, 1.82) is 0 Å². The van der Waals surface area contributed by atoms with E-state index in [1.165, 1.54) is 12.1 Å². The van der Waals surface area contributed by atoms with Crippen LogP contribution in [0.4, 0.5) is 10.5 Å². The molecule has 0 saturated heterocycles. The Morgan fingerprint density at radius 3 is 2.22 bits per heavy atom. The second kappa shape index (κ2) is 8.15. The molecule has 1 fully saturated rings. The SMILES string of the molecule is O=C(NC(=O)c1c(Cl)cccc1Cl)Nc1ccc(OCC2CC2(Cl)Cl)cc1. The molecular formula is C18H14Cl4N2O3. The maximum atomic E-state index is 12.2. The van der Waals surface area contributed by atoms with Crippen LogP contribution >= 0.6 is 46.4 Å². The Morgan fingerprint density at radius 2 is 1.67 bits per heavy atom. The summed E-state index contributed by atoms with van der Waals surface area (Å²) in [5, 5.41) is 5.03. The number of halogens is 4. The van der Waals surface area contributed by atoms with Gasteiger partial charge in [-0.3, -0.25) is 10.1 Å². The average molecular weight is 448 g/mol. The molecule has 0 aliphatic heterocycles. The lowest BCUT2D eigenvalue weighted by Gasteiger charge is -2.10. The van der Waals surface area contributed by atoms with Crippen molar-refractivity contribution in [2.45, 2.75) is 10.8 Å². The van der Waals surface area contributed by atoms with Gasteiger partial charge < -0.3 is 10.1 Å². The summed E-state index contributed by atoms with van der Waals surface area (Å²) in [6.45, 7) is 0.424. The van der Waals surface area contributed by atoms with Gasteiger partial charge in [-0.1, -0.05) is 29.3 Å². The van der Waals surface area contributed by atoms with E-state index in [4.69, 9.17) is 51.1 Å². The van der Waals surface area contributed by atoms with Crippen molar-refractivity contribution in [2.75, 3.05) is 11.9 Å². The number of hydrogen-bond donors (Lipinski definition) is 2. The van der Waals surface area contributed by atoms with Crippen molar-refractivity contribution in [2.24, 2.45) is 5.92 Å². The average Bonchev–Trinajstić information content (AvgIpc) is 3.21. The molecule has 9 heteroatoms. The minimum Gasteiger partial charge on any atom is -0.493 e. The lowest BCUT2D eigenvalue weighted by molar-refractivity contribution is 0.0967. The molecule has 0 radical (unpaired) electrons. The van der Waals surface area contributed by atoms with Gasteiger partial charge in [-0.05, 0) is 42.8 Å². The first-order chi connectivity index (χ1) is 12.8. The van der Waals surface area contributed by atoms with Crippen molar-refractivity contribution < 1.29 is 14.3 Å². The summed E-state index contributed by atoms with van der Waals surface area (Å²) in [6, 6.07) is 10.6. The van der Waals surface area contributed by atoms with Crippen molar-refractivity contribution >= 4 is 64.0 Å². The molecule has 3 rings (SSSR count). The van der Waals surface area contributed by atoms with Gasteiger partial charge >= 0.3 is 6.03 Å². The van der Waals surface area contributed by atoms with Crippen LogP contribution in [0.15, 0.2) is 42.5 Å². The first-order valence-corrected chi connectivity index (χ1v) is 9.44. The van der Waals surface area contributed by atoms with E-state index in [0.29, 0.717) is 24.5 Å². The highest BCUT2D eigenvalue weighted by molar-refractivity contribution is 6.50. The second-order valence-corrected chi connectivity index (χ2v) is 8.36. The highest BCUT2D eigenvalue weighted by atomic mass is 35.5. The van der Waals surface area contributed by atoms with Crippen LogP contribution in [0.25, 0.3) is 0 Å². The van der Waals surface area contributed by atoms with Crippen molar-refractivity contribution in [3.63, 3.8) is 0 Å². The molecule has 0 spiro atoms. The van der Waals surface area contributed by atoms with Crippen LogP contribution < -0.4 is 15.4 Å². The smallest absolute Gasteiger partial charge is 0.326 e. The topological polar surface area (TPSA) is 67.4 Å². The molecule has 1 aliphatic rings. The molecule has 1 atom stereocenters. The van der Waals surface area contributed by atoms with Gasteiger partial charge in [0.15, 0.2) is 0 Å². The summed E-state index contributed by atoms with van der Waals surface area (Å²) in [5.74, 6) is 0.0427. The number of ether oxygens (including phenoxy) is 1. The number of rotatable bonds is 5. The maximum Gasteiger partial charge on any atom is 0.326 e.